The molecule has 0 radical (unpaired) electrons. The summed E-state index contributed by atoms with van der Waals surface area (Å²) in [4.78, 5) is 38.3. The zero-order valence-corrected chi connectivity index (χ0v) is 25.5. The number of phenolic OH excluding ortho intramolecular Hbond substituents is 1. The Hall–Kier alpha value is -5.65. The van der Waals surface area contributed by atoms with Crippen LogP contribution in [0.5, 0.6) is 11.5 Å². The van der Waals surface area contributed by atoms with Crippen LogP contribution in [0.2, 0.25) is 0 Å². The molecule has 4 aromatic carbocycles. The van der Waals surface area contributed by atoms with E-state index in [1.807, 2.05) is 66.7 Å². The van der Waals surface area contributed by atoms with Crippen LogP contribution < -0.4 is 26.2 Å². The lowest BCUT2D eigenvalue weighted by Crippen LogP contribution is -2.29. The highest BCUT2D eigenvalue weighted by Gasteiger charge is 2.17. The molecule has 1 unspecified atom stereocenters. The number of aliphatic hydroxyl groups excluding tert-OH is 1. The molecule has 1 heterocycles. The van der Waals surface area contributed by atoms with Crippen molar-refractivity contribution < 1.29 is 29.6 Å². The number of carbonyl (C=O) groups excluding carboxylic acids is 1. The molecule has 0 spiro atoms. The molecule has 0 aliphatic rings. The summed E-state index contributed by atoms with van der Waals surface area (Å²) in [5.74, 6) is 0.326. The molecule has 5 rings (SSSR count). The molecule has 0 aliphatic carbocycles. The fraction of sp³-hybridized carbons (Fsp3) is 0.194. The number of fused-ring (bicyclic) bond motifs is 1. The number of aliphatic hydroxyl groups is 1. The van der Waals surface area contributed by atoms with Gasteiger partial charge in [0.2, 0.25) is 5.56 Å². The van der Waals surface area contributed by atoms with Crippen molar-refractivity contribution in [2.75, 3.05) is 19.6 Å². The second kappa shape index (κ2) is 15.6. The minimum absolute atomic E-state index is 0.0623. The molecule has 0 saturated carbocycles. The zero-order chi connectivity index (χ0) is 33.2. The third kappa shape index (κ3) is 8.75. The summed E-state index contributed by atoms with van der Waals surface area (Å²) >= 11 is 0. The van der Waals surface area contributed by atoms with Gasteiger partial charge in [0.15, 0.2) is 0 Å². The van der Waals surface area contributed by atoms with Gasteiger partial charge in [-0.15, -0.1) is 0 Å². The monoisotopic (exact) mass is 636 g/mol. The minimum atomic E-state index is -1.12. The molecule has 0 aliphatic heterocycles. The van der Waals surface area contributed by atoms with Gasteiger partial charge in [-0.25, -0.2) is 4.79 Å². The van der Waals surface area contributed by atoms with Crippen molar-refractivity contribution in [2.45, 2.75) is 25.2 Å². The first-order valence-electron chi connectivity index (χ1n) is 15.2. The number of amides is 2. The van der Waals surface area contributed by atoms with Crippen molar-refractivity contribution in [3.63, 3.8) is 0 Å². The number of carboxylic acid groups (broad SMARTS) is 1. The van der Waals surface area contributed by atoms with Crippen LogP contribution in [0.15, 0.2) is 108 Å². The van der Waals surface area contributed by atoms with Crippen LogP contribution >= 0.6 is 0 Å². The van der Waals surface area contributed by atoms with Crippen LogP contribution in [0.25, 0.3) is 10.9 Å². The Kier molecular flexibility index (Phi) is 10.8. The van der Waals surface area contributed by atoms with E-state index in [-0.39, 0.29) is 35.9 Å². The van der Waals surface area contributed by atoms with E-state index in [1.54, 1.807) is 24.3 Å². The summed E-state index contributed by atoms with van der Waals surface area (Å²) in [6, 6.07) is 29.2. The molecule has 47 heavy (non-hydrogen) atoms. The van der Waals surface area contributed by atoms with Crippen LogP contribution in [-0.4, -0.2) is 51.9 Å². The summed E-state index contributed by atoms with van der Waals surface area (Å²) < 4.78 is 5.98. The maximum Gasteiger partial charge on any atom is 0.405 e. The molecule has 2 atom stereocenters. The average molecular weight is 637 g/mol. The van der Waals surface area contributed by atoms with Crippen LogP contribution in [0.1, 0.15) is 51.2 Å². The Morgan fingerprint density at radius 2 is 1.62 bits per heavy atom. The van der Waals surface area contributed by atoms with Crippen molar-refractivity contribution >= 4 is 22.9 Å². The highest BCUT2D eigenvalue weighted by Crippen LogP contribution is 2.29. The molecule has 7 N–H and O–H groups in total. The first-order valence-corrected chi connectivity index (χ1v) is 15.2. The minimum Gasteiger partial charge on any atom is -0.506 e. The SMILES string of the molecule is O=C(O)NC(c1ccccc1)c1cccc(OCc2ccc(C(=O)NCCCNC[C@H](O)c3ccc(O)c4[nH]c(=O)ccc34)cc2)c1. The molecule has 0 fully saturated rings. The zero-order valence-electron chi connectivity index (χ0n) is 25.5. The van der Waals surface area contributed by atoms with Gasteiger partial charge in [-0.3, -0.25) is 9.59 Å². The molecule has 5 aromatic rings. The topological polar surface area (TPSA) is 173 Å². The quantitative estimate of drug-likeness (QED) is 0.0866. The van der Waals surface area contributed by atoms with Crippen LogP contribution in [0.3, 0.4) is 0 Å². The lowest BCUT2D eigenvalue weighted by Gasteiger charge is -2.19. The average Bonchev–Trinajstić information content (AvgIpc) is 3.08. The number of rotatable bonds is 14. The number of carbonyl (C=O) groups is 2. The number of phenols is 1. The van der Waals surface area contributed by atoms with E-state index in [0.29, 0.717) is 41.8 Å². The van der Waals surface area contributed by atoms with Gasteiger partial charge in [-0.1, -0.05) is 60.7 Å². The lowest BCUT2D eigenvalue weighted by molar-refractivity contribution is 0.0952. The van der Waals surface area contributed by atoms with Gasteiger partial charge >= 0.3 is 6.09 Å². The van der Waals surface area contributed by atoms with Gasteiger partial charge in [0.05, 0.1) is 17.7 Å². The maximum absolute atomic E-state index is 12.6. The maximum atomic E-state index is 12.6. The van der Waals surface area contributed by atoms with E-state index >= 15 is 0 Å². The van der Waals surface area contributed by atoms with E-state index in [1.165, 1.54) is 12.1 Å². The number of nitrogens with one attached hydrogen (secondary N) is 4. The number of pyridine rings is 1. The van der Waals surface area contributed by atoms with Crippen molar-refractivity contribution in [1.29, 1.82) is 0 Å². The van der Waals surface area contributed by atoms with E-state index in [2.05, 4.69) is 20.9 Å². The number of hydrogen-bond acceptors (Lipinski definition) is 7. The Bertz CT molecular complexity index is 1880. The van der Waals surface area contributed by atoms with Crippen molar-refractivity contribution in [2.24, 2.45) is 0 Å². The van der Waals surface area contributed by atoms with Crippen molar-refractivity contribution in [1.82, 2.24) is 20.9 Å². The van der Waals surface area contributed by atoms with E-state index in [4.69, 9.17) is 4.74 Å². The number of benzene rings is 4. The first-order chi connectivity index (χ1) is 22.8. The van der Waals surface area contributed by atoms with Gasteiger partial charge in [-0.05, 0) is 71.6 Å². The Morgan fingerprint density at radius 1 is 0.851 bits per heavy atom. The number of aromatic amines is 1. The first kappa shape index (κ1) is 32.7. The van der Waals surface area contributed by atoms with Gasteiger partial charge in [-0.2, -0.15) is 0 Å². The molecular formula is C36H36N4O7. The van der Waals surface area contributed by atoms with Crippen LogP contribution in [0, 0.1) is 0 Å². The molecule has 1 aromatic heterocycles. The third-order valence-electron chi connectivity index (χ3n) is 7.63. The summed E-state index contributed by atoms with van der Waals surface area (Å²) in [6.45, 7) is 1.52. The Labute approximate surface area is 270 Å². The molecule has 0 saturated heterocycles. The summed E-state index contributed by atoms with van der Waals surface area (Å²) in [5, 5.41) is 39.3. The summed E-state index contributed by atoms with van der Waals surface area (Å²) in [7, 11) is 0. The lowest BCUT2D eigenvalue weighted by atomic mass is 9.98. The smallest absolute Gasteiger partial charge is 0.405 e. The Morgan fingerprint density at radius 3 is 2.38 bits per heavy atom. The number of ether oxygens (including phenoxy) is 1. The van der Waals surface area contributed by atoms with E-state index in [0.717, 1.165) is 16.7 Å². The van der Waals surface area contributed by atoms with Crippen LogP contribution in [-0.2, 0) is 6.61 Å². The number of aromatic hydroxyl groups is 1. The largest absolute Gasteiger partial charge is 0.506 e. The third-order valence-corrected chi connectivity index (χ3v) is 7.63. The molecular weight excluding hydrogens is 600 g/mol. The molecule has 242 valence electrons. The normalized spacial score (nSPS) is 12.3. The van der Waals surface area contributed by atoms with Crippen molar-refractivity contribution in [3.05, 3.63) is 141 Å². The van der Waals surface area contributed by atoms with Gasteiger partial charge in [0.1, 0.15) is 18.1 Å². The van der Waals surface area contributed by atoms with Crippen molar-refractivity contribution in [3.8, 4) is 11.5 Å². The van der Waals surface area contributed by atoms with E-state index < -0.39 is 18.2 Å². The van der Waals surface area contributed by atoms with Gasteiger partial charge in [0, 0.05) is 30.1 Å². The summed E-state index contributed by atoms with van der Waals surface area (Å²) in [6.07, 6.45) is -1.34. The van der Waals surface area contributed by atoms with E-state index in [9.17, 15) is 29.7 Å². The molecule has 11 heteroatoms. The second-order valence-electron chi connectivity index (χ2n) is 11.0. The highest BCUT2D eigenvalue weighted by atomic mass is 16.5. The standard InChI is InChI=1S/C36H36N4O7/c41-30-16-14-28(29-15-17-32(43)39-34(29)30)31(42)21-37-18-5-19-38-35(44)25-12-10-23(11-13-25)22-47-27-9-4-8-26(20-27)33(40-36(45)46)24-6-2-1-3-7-24/h1-4,6-17,20,31,33,37,40-42H,5,18-19,21-22H2,(H,38,44)(H,39,43)(H,45,46)/t31-,33?/m0/s1. The molecule has 11 nitrogen and oxygen atoms in total. The number of H-pyrrole nitrogens is 1. The second-order valence-corrected chi connectivity index (χ2v) is 11.0. The van der Waals surface area contributed by atoms with Crippen LogP contribution in [0.4, 0.5) is 4.79 Å². The fourth-order valence-corrected chi connectivity index (χ4v) is 5.25. The van der Waals surface area contributed by atoms with Gasteiger partial charge in [0.25, 0.3) is 5.91 Å². The molecule has 2 amide bonds. The molecule has 0 bridgehead atoms. The Balaban J connectivity index is 1.05. The fourth-order valence-electron chi connectivity index (χ4n) is 5.25. The summed E-state index contributed by atoms with van der Waals surface area (Å²) in [5.41, 5.74) is 3.48. The number of aromatic nitrogens is 1. The van der Waals surface area contributed by atoms with Gasteiger partial charge < -0.3 is 41.0 Å². The highest BCUT2D eigenvalue weighted by molar-refractivity contribution is 5.94. The predicted molar refractivity (Wildman–Crippen MR) is 178 cm³/mol. The number of hydrogen-bond donors (Lipinski definition) is 7. The predicted octanol–water partition coefficient (Wildman–Crippen LogP) is 4.61.